The molecule has 1 aromatic heterocycles. The number of aliphatic carboxylic acids is 1. The van der Waals surface area contributed by atoms with Gasteiger partial charge in [-0.05, 0) is 46.4 Å². The number of carbonyl (C=O) groups is 2. The van der Waals surface area contributed by atoms with Crippen LogP contribution in [0.1, 0.15) is 10.4 Å². The maximum atomic E-state index is 12.4. The predicted molar refractivity (Wildman–Crippen MR) is 112 cm³/mol. The highest BCUT2D eigenvalue weighted by atomic mass is 32.1. The molecule has 0 amide bonds. The molecule has 1 heterocycles. The van der Waals surface area contributed by atoms with Crippen molar-refractivity contribution < 1.29 is 19.8 Å². The van der Waals surface area contributed by atoms with Gasteiger partial charge < -0.3 is 15.5 Å². The van der Waals surface area contributed by atoms with Gasteiger partial charge in [0.05, 0.1) is 11.3 Å². The number of carboxylic acid groups (broad SMARTS) is 1. The highest BCUT2D eigenvalue weighted by Crippen LogP contribution is 2.32. The van der Waals surface area contributed by atoms with Crippen LogP contribution in [-0.2, 0) is 16.0 Å². The van der Waals surface area contributed by atoms with Gasteiger partial charge in [-0.1, -0.05) is 47.7 Å². The molecule has 0 unspecified atom stereocenters. The lowest BCUT2D eigenvalue weighted by Gasteiger charge is -2.03. The average molecular weight is 404 g/mol. The van der Waals surface area contributed by atoms with Crippen molar-refractivity contribution in [2.75, 3.05) is 5.32 Å². The quantitative estimate of drug-likeness (QED) is 0.565. The molecule has 0 bridgehead atoms. The first kappa shape index (κ1) is 18.6. The second kappa shape index (κ2) is 7.73. The van der Waals surface area contributed by atoms with Crippen LogP contribution >= 0.6 is 11.3 Å². The molecule has 4 rings (SSSR count). The van der Waals surface area contributed by atoms with Gasteiger partial charge in [-0.3, -0.25) is 9.59 Å². The van der Waals surface area contributed by atoms with Gasteiger partial charge >= 0.3 is 5.97 Å². The molecule has 6 nitrogen and oxygen atoms in total. The van der Waals surface area contributed by atoms with E-state index >= 15 is 0 Å². The maximum Gasteiger partial charge on any atom is 0.307 e. The summed E-state index contributed by atoms with van der Waals surface area (Å²) in [5, 5.41) is 24.4. The van der Waals surface area contributed by atoms with Crippen LogP contribution in [0.25, 0.3) is 18.2 Å². The maximum absolute atomic E-state index is 12.4. The lowest BCUT2D eigenvalue weighted by Crippen LogP contribution is -2.29. The number of fused-ring (bicyclic) bond motifs is 1. The van der Waals surface area contributed by atoms with Crippen molar-refractivity contribution in [1.82, 2.24) is 4.98 Å². The Morgan fingerprint density at radius 1 is 1.07 bits per heavy atom. The topological polar surface area (TPSA) is 99.5 Å². The van der Waals surface area contributed by atoms with Crippen molar-refractivity contribution in [3.63, 3.8) is 0 Å². The zero-order valence-corrected chi connectivity index (χ0v) is 15.9. The normalized spacial score (nSPS) is 14.1. The summed E-state index contributed by atoms with van der Waals surface area (Å²) in [5.74, 6) is -1.17. The highest BCUT2D eigenvalue weighted by Gasteiger charge is 2.13. The van der Waals surface area contributed by atoms with Gasteiger partial charge in [0.25, 0.3) is 0 Å². The highest BCUT2D eigenvalue weighted by molar-refractivity contribution is 7.16. The second-order valence-corrected chi connectivity index (χ2v) is 7.51. The molecule has 0 radical (unpaired) electrons. The molecular formula is C22H16N2O4S. The Hall–Kier alpha value is -3.71. The van der Waals surface area contributed by atoms with E-state index in [1.165, 1.54) is 11.3 Å². The first-order chi connectivity index (χ1) is 14.0. The fourth-order valence-electron chi connectivity index (χ4n) is 2.97. The minimum Gasteiger partial charge on any atom is -0.492 e. The number of ketones is 1. The molecule has 1 aliphatic carbocycles. The smallest absolute Gasteiger partial charge is 0.307 e. The van der Waals surface area contributed by atoms with E-state index < -0.39 is 5.97 Å². The third-order valence-electron chi connectivity index (χ3n) is 4.36. The number of benzene rings is 2. The summed E-state index contributed by atoms with van der Waals surface area (Å²) in [4.78, 5) is 27.7. The second-order valence-electron chi connectivity index (χ2n) is 6.48. The zero-order chi connectivity index (χ0) is 20.4. The lowest BCUT2D eigenvalue weighted by molar-refractivity contribution is -0.136. The Kier molecular flexibility index (Phi) is 4.97. The summed E-state index contributed by atoms with van der Waals surface area (Å²) in [6.45, 7) is 0. The summed E-state index contributed by atoms with van der Waals surface area (Å²) < 4.78 is 0. The molecule has 7 heteroatoms. The van der Waals surface area contributed by atoms with E-state index in [4.69, 9.17) is 5.11 Å². The van der Waals surface area contributed by atoms with Gasteiger partial charge in [-0.25, -0.2) is 0 Å². The van der Waals surface area contributed by atoms with E-state index in [-0.39, 0.29) is 18.1 Å². The number of carboxylic acids is 1. The fraction of sp³-hybridized carbons (Fsp3) is 0.0455. The lowest BCUT2D eigenvalue weighted by atomic mass is 10.0. The van der Waals surface area contributed by atoms with Gasteiger partial charge in [0.2, 0.25) is 5.88 Å². The van der Waals surface area contributed by atoms with Crippen molar-refractivity contribution in [3.8, 4) is 5.88 Å². The molecule has 1 aliphatic rings. The molecule has 3 N–H and O–H groups in total. The molecule has 0 saturated heterocycles. The van der Waals surface area contributed by atoms with Crippen LogP contribution in [0.15, 0.2) is 54.1 Å². The number of anilines is 2. The summed E-state index contributed by atoms with van der Waals surface area (Å²) in [5.41, 5.74) is 1.89. The Bertz CT molecular complexity index is 1260. The van der Waals surface area contributed by atoms with Crippen LogP contribution in [0.2, 0.25) is 0 Å². The van der Waals surface area contributed by atoms with E-state index in [1.54, 1.807) is 42.5 Å². The molecule has 0 spiro atoms. The number of nitrogens with one attached hydrogen (secondary N) is 1. The Balaban J connectivity index is 1.57. The first-order valence-corrected chi connectivity index (χ1v) is 9.62. The molecule has 144 valence electrons. The number of allylic oxidation sites excluding steroid dienone is 1. The molecule has 2 aromatic carbocycles. The minimum atomic E-state index is -0.887. The van der Waals surface area contributed by atoms with Gasteiger partial charge in [-0.2, -0.15) is 4.98 Å². The number of thiazole rings is 1. The third kappa shape index (κ3) is 4.25. The van der Waals surface area contributed by atoms with E-state index in [0.29, 0.717) is 21.1 Å². The molecular weight excluding hydrogens is 388 g/mol. The van der Waals surface area contributed by atoms with Crippen LogP contribution in [0.4, 0.5) is 10.8 Å². The monoisotopic (exact) mass is 404 g/mol. The Labute approximate surface area is 169 Å². The summed E-state index contributed by atoms with van der Waals surface area (Å²) in [6.07, 6.45) is 4.96. The molecule has 0 fully saturated rings. The van der Waals surface area contributed by atoms with Crippen LogP contribution in [-0.4, -0.2) is 26.9 Å². The van der Waals surface area contributed by atoms with E-state index in [2.05, 4.69) is 10.3 Å². The van der Waals surface area contributed by atoms with Crippen molar-refractivity contribution in [3.05, 3.63) is 75.0 Å². The first-order valence-electron chi connectivity index (χ1n) is 8.80. The van der Waals surface area contributed by atoms with Crippen molar-refractivity contribution >= 4 is 52.1 Å². The summed E-state index contributed by atoms with van der Waals surface area (Å²) in [7, 11) is 0. The van der Waals surface area contributed by atoms with Crippen LogP contribution in [0.3, 0.4) is 0 Å². The van der Waals surface area contributed by atoms with Crippen molar-refractivity contribution in [1.29, 1.82) is 0 Å². The Morgan fingerprint density at radius 2 is 1.76 bits per heavy atom. The molecule has 0 aliphatic heterocycles. The third-order valence-corrected chi connectivity index (χ3v) is 5.27. The summed E-state index contributed by atoms with van der Waals surface area (Å²) in [6, 6.07) is 14.5. The van der Waals surface area contributed by atoms with Crippen molar-refractivity contribution in [2.45, 2.75) is 6.42 Å². The molecule has 0 saturated carbocycles. The molecule has 3 aromatic rings. The number of nitrogens with zero attached hydrogens (tertiary/aromatic N) is 1. The molecule has 0 atom stereocenters. The van der Waals surface area contributed by atoms with Crippen LogP contribution in [0.5, 0.6) is 5.88 Å². The fourth-order valence-corrected chi connectivity index (χ4v) is 3.80. The number of carbonyl (C=O) groups excluding carboxylic acids is 1. The van der Waals surface area contributed by atoms with Gasteiger partial charge in [0.15, 0.2) is 10.9 Å². The largest absolute Gasteiger partial charge is 0.492 e. The van der Waals surface area contributed by atoms with Gasteiger partial charge in [0.1, 0.15) is 0 Å². The summed E-state index contributed by atoms with van der Waals surface area (Å²) >= 11 is 1.22. The van der Waals surface area contributed by atoms with E-state index in [9.17, 15) is 14.7 Å². The molecule has 29 heavy (non-hydrogen) atoms. The van der Waals surface area contributed by atoms with Crippen LogP contribution < -0.4 is 15.8 Å². The standard InChI is InChI=1S/C22H16N2O4S/c25-18-11-15-4-2-1-3-14(15)10-16(18)12-19-21(28)24-22(29-19)23-17-7-5-13(6-8-17)9-20(26)27/h1-8,10-12,28H,9H2,(H,23,24)(H,26,27)/b16-12+. The number of hydrogen-bond acceptors (Lipinski definition) is 6. The minimum absolute atomic E-state index is 0.0410. The number of aromatic hydroxyl groups is 1. The van der Waals surface area contributed by atoms with E-state index in [1.807, 2.05) is 24.3 Å². The number of rotatable bonds is 5. The van der Waals surface area contributed by atoms with Gasteiger partial charge in [0, 0.05) is 11.3 Å². The van der Waals surface area contributed by atoms with Gasteiger partial charge in [-0.15, -0.1) is 0 Å². The van der Waals surface area contributed by atoms with E-state index in [0.717, 1.165) is 16.1 Å². The number of aromatic nitrogens is 1. The predicted octanol–water partition coefficient (Wildman–Crippen LogP) is 2.45. The zero-order valence-electron chi connectivity index (χ0n) is 15.1. The van der Waals surface area contributed by atoms with Crippen molar-refractivity contribution in [2.24, 2.45) is 0 Å². The SMILES string of the molecule is O=C(O)Cc1ccc(Nc2nc(O)c(/C=C3\C=c4ccccc4=CC3=O)s2)cc1. The number of hydrogen-bond donors (Lipinski definition) is 3. The number of Topliss-reactive ketones (excluding diaryl/α,β-unsaturated/α-hetero) is 1. The van der Waals surface area contributed by atoms with Crippen LogP contribution in [0, 0.1) is 0 Å². The Morgan fingerprint density at radius 3 is 2.45 bits per heavy atom. The average Bonchev–Trinajstić information content (AvgIpc) is 3.02.